The molecule has 1 aromatic heterocycles. The van der Waals surface area contributed by atoms with Crippen LogP contribution in [0.2, 0.25) is 0 Å². The lowest BCUT2D eigenvalue weighted by Gasteiger charge is -2.26. The van der Waals surface area contributed by atoms with Crippen molar-refractivity contribution in [2.45, 2.75) is 19.4 Å². The predicted octanol–water partition coefficient (Wildman–Crippen LogP) is 2.05. The van der Waals surface area contributed by atoms with E-state index in [1.807, 2.05) is 46.9 Å². The first-order valence-corrected chi connectivity index (χ1v) is 8.20. The predicted molar refractivity (Wildman–Crippen MR) is 91.5 cm³/mol. The van der Waals surface area contributed by atoms with E-state index in [-0.39, 0.29) is 11.9 Å². The summed E-state index contributed by atoms with van der Waals surface area (Å²) in [7, 11) is 0. The molecule has 1 saturated heterocycles. The number of nitrogens with zero attached hydrogens (tertiary/aromatic N) is 5. The zero-order valence-corrected chi connectivity index (χ0v) is 13.8. The van der Waals surface area contributed by atoms with Gasteiger partial charge in [0.25, 0.3) is 0 Å². The number of carbonyl (C=O) groups is 1. The lowest BCUT2D eigenvalue weighted by molar-refractivity contribution is -0.134. The monoisotopic (exact) mass is 323 g/mol. The molecule has 6 nitrogen and oxygen atoms in total. The van der Waals surface area contributed by atoms with Crippen molar-refractivity contribution in [2.75, 3.05) is 31.1 Å². The second-order valence-corrected chi connectivity index (χ2v) is 6.01. The number of amides is 1. The standard InChI is InChI=1S/C18H21N5O/c1-15(23-10-7-20-14-23)18(24)22-9-2-8-21(11-12-22)17-5-3-16(13-19)4-6-17/h3-7,10,14-15H,2,8-9,11-12H2,1H3/t15-/m0/s1. The van der Waals surface area contributed by atoms with Crippen LogP contribution in [0.5, 0.6) is 0 Å². The van der Waals surface area contributed by atoms with E-state index in [0.717, 1.165) is 31.7 Å². The van der Waals surface area contributed by atoms with Gasteiger partial charge in [-0.25, -0.2) is 4.98 Å². The number of hydrogen-bond donors (Lipinski definition) is 0. The van der Waals surface area contributed by atoms with Crippen LogP contribution in [0.1, 0.15) is 24.9 Å². The second-order valence-electron chi connectivity index (χ2n) is 6.01. The Bertz CT molecular complexity index is 717. The Morgan fingerprint density at radius 1 is 1.21 bits per heavy atom. The van der Waals surface area contributed by atoms with Crippen LogP contribution in [0.15, 0.2) is 43.0 Å². The molecule has 24 heavy (non-hydrogen) atoms. The molecule has 0 aliphatic carbocycles. The normalized spacial score (nSPS) is 16.3. The largest absolute Gasteiger partial charge is 0.370 e. The molecule has 0 unspecified atom stereocenters. The highest BCUT2D eigenvalue weighted by Crippen LogP contribution is 2.19. The molecule has 0 spiro atoms. The van der Waals surface area contributed by atoms with Crippen molar-refractivity contribution in [3.05, 3.63) is 48.5 Å². The van der Waals surface area contributed by atoms with Gasteiger partial charge in [-0.1, -0.05) is 0 Å². The summed E-state index contributed by atoms with van der Waals surface area (Å²) in [4.78, 5) is 20.9. The van der Waals surface area contributed by atoms with Crippen LogP contribution in [0.25, 0.3) is 0 Å². The van der Waals surface area contributed by atoms with Crippen LogP contribution < -0.4 is 4.90 Å². The van der Waals surface area contributed by atoms with Gasteiger partial charge in [0, 0.05) is 44.3 Å². The second kappa shape index (κ2) is 7.18. The number of carbonyl (C=O) groups excluding carboxylic acids is 1. The molecule has 0 saturated carbocycles. The van der Waals surface area contributed by atoms with Crippen molar-refractivity contribution >= 4 is 11.6 Å². The summed E-state index contributed by atoms with van der Waals surface area (Å²) in [6.45, 7) is 5.10. The van der Waals surface area contributed by atoms with Crippen LogP contribution in [0, 0.1) is 11.3 Å². The summed E-state index contributed by atoms with van der Waals surface area (Å²) in [5.41, 5.74) is 1.77. The molecule has 0 bridgehead atoms. The molecule has 0 radical (unpaired) electrons. The Morgan fingerprint density at radius 2 is 2.00 bits per heavy atom. The van der Waals surface area contributed by atoms with Crippen LogP contribution in [-0.2, 0) is 4.79 Å². The van der Waals surface area contributed by atoms with E-state index in [0.29, 0.717) is 12.1 Å². The van der Waals surface area contributed by atoms with Gasteiger partial charge in [0.15, 0.2) is 0 Å². The first kappa shape index (κ1) is 16.1. The van der Waals surface area contributed by atoms with Crippen LogP contribution in [-0.4, -0.2) is 46.5 Å². The lowest BCUT2D eigenvalue weighted by Crippen LogP contribution is -2.38. The number of hydrogen-bond acceptors (Lipinski definition) is 4. The van der Waals surface area contributed by atoms with E-state index in [4.69, 9.17) is 5.26 Å². The maximum Gasteiger partial charge on any atom is 0.245 e. The lowest BCUT2D eigenvalue weighted by atomic mass is 10.2. The number of benzene rings is 1. The van der Waals surface area contributed by atoms with Gasteiger partial charge in [0.1, 0.15) is 6.04 Å². The fraction of sp³-hybridized carbons (Fsp3) is 0.389. The minimum absolute atomic E-state index is 0.134. The molecule has 3 rings (SSSR count). The van der Waals surface area contributed by atoms with E-state index < -0.39 is 0 Å². The molecule has 1 aliphatic rings. The molecule has 1 fully saturated rings. The zero-order valence-electron chi connectivity index (χ0n) is 13.8. The molecule has 1 amide bonds. The van der Waals surface area contributed by atoms with Gasteiger partial charge in [-0.05, 0) is 37.6 Å². The molecular weight excluding hydrogens is 302 g/mol. The molecule has 124 valence electrons. The summed E-state index contributed by atoms with van der Waals surface area (Å²) in [5.74, 6) is 0.134. The number of aromatic nitrogens is 2. The van der Waals surface area contributed by atoms with Gasteiger partial charge in [0.05, 0.1) is 18.0 Å². The summed E-state index contributed by atoms with van der Waals surface area (Å²) in [6, 6.07) is 9.54. The maximum atomic E-state index is 12.7. The van der Waals surface area contributed by atoms with Crippen molar-refractivity contribution in [2.24, 2.45) is 0 Å². The van der Waals surface area contributed by atoms with Gasteiger partial charge in [-0.3, -0.25) is 4.79 Å². The van der Waals surface area contributed by atoms with E-state index in [1.54, 1.807) is 12.5 Å². The molecule has 0 N–H and O–H groups in total. The van der Waals surface area contributed by atoms with E-state index >= 15 is 0 Å². The summed E-state index contributed by atoms with van der Waals surface area (Å²) >= 11 is 0. The first-order chi connectivity index (χ1) is 11.7. The first-order valence-electron chi connectivity index (χ1n) is 8.20. The Balaban J connectivity index is 1.64. The minimum atomic E-state index is -0.228. The SMILES string of the molecule is C[C@@H](C(=O)N1CCCN(c2ccc(C#N)cc2)CC1)n1ccnc1. The van der Waals surface area contributed by atoms with Crippen molar-refractivity contribution < 1.29 is 4.79 Å². The van der Waals surface area contributed by atoms with Gasteiger partial charge < -0.3 is 14.4 Å². The summed E-state index contributed by atoms with van der Waals surface area (Å²) in [5, 5.41) is 8.90. The summed E-state index contributed by atoms with van der Waals surface area (Å²) in [6.07, 6.45) is 6.13. The third kappa shape index (κ3) is 3.40. The zero-order chi connectivity index (χ0) is 16.9. The molecule has 1 aliphatic heterocycles. The highest BCUT2D eigenvalue weighted by molar-refractivity contribution is 5.80. The van der Waals surface area contributed by atoms with Gasteiger partial charge in [-0.2, -0.15) is 5.26 Å². The number of nitriles is 1. The third-order valence-corrected chi connectivity index (χ3v) is 4.50. The van der Waals surface area contributed by atoms with E-state index in [9.17, 15) is 4.79 Å². The molecule has 6 heteroatoms. The van der Waals surface area contributed by atoms with E-state index in [2.05, 4.69) is 16.0 Å². The third-order valence-electron chi connectivity index (χ3n) is 4.50. The van der Waals surface area contributed by atoms with Crippen LogP contribution >= 0.6 is 0 Å². The van der Waals surface area contributed by atoms with Gasteiger partial charge in [-0.15, -0.1) is 0 Å². The van der Waals surface area contributed by atoms with Gasteiger partial charge >= 0.3 is 0 Å². The number of rotatable bonds is 3. The topological polar surface area (TPSA) is 65.2 Å². The molecule has 1 atom stereocenters. The van der Waals surface area contributed by atoms with Crippen LogP contribution in [0.4, 0.5) is 5.69 Å². The van der Waals surface area contributed by atoms with Crippen molar-refractivity contribution in [3.63, 3.8) is 0 Å². The highest BCUT2D eigenvalue weighted by atomic mass is 16.2. The average Bonchev–Trinajstić information content (AvgIpc) is 3.05. The molecule has 1 aromatic carbocycles. The Kier molecular flexibility index (Phi) is 4.80. The van der Waals surface area contributed by atoms with Crippen LogP contribution in [0.3, 0.4) is 0 Å². The Hall–Kier alpha value is -2.81. The van der Waals surface area contributed by atoms with Crippen molar-refractivity contribution in [1.82, 2.24) is 14.5 Å². The molecule has 2 heterocycles. The number of anilines is 1. The smallest absolute Gasteiger partial charge is 0.245 e. The van der Waals surface area contributed by atoms with Gasteiger partial charge in [0.2, 0.25) is 5.91 Å². The maximum absolute atomic E-state index is 12.7. The quantitative estimate of drug-likeness (QED) is 0.867. The molecular formula is C18H21N5O. The Labute approximate surface area is 141 Å². The molecule has 2 aromatic rings. The fourth-order valence-corrected chi connectivity index (χ4v) is 3.03. The van der Waals surface area contributed by atoms with Crippen molar-refractivity contribution in [1.29, 1.82) is 5.26 Å². The summed E-state index contributed by atoms with van der Waals surface area (Å²) < 4.78 is 1.84. The average molecular weight is 323 g/mol. The Morgan fingerprint density at radius 3 is 2.67 bits per heavy atom. The minimum Gasteiger partial charge on any atom is -0.370 e. The fourth-order valence-electron chi connectivity index (χ4n) is 3.03. The number of imidazole rings is 1. The van der Waals surface area contributed by atoms with E-state index in [1.165, 1.54) is 0 Å². The highest BCUT2D eigenvalue weighted by Gasteiger charge is 2.24. The van der Waals surface area contributed by atoms with Crippen molar-refractivity contribution in [3.8, 4) is 6.07 Å².